The summed E-state index contributed by atoms with van der Waals surface area (Å²) in [6, 6.07) is 10.6. The first-order chi connectivity index (χ1) is 14.1. The van der Waals surface area contributed by atoms with E-state index >= 15 is 0 Å². The lowest BCUT2D eigenvalue weighted by Crippen LogP contribution is -2.23. The highest BCUT2D eigenvalue weighted by atomic mass is 16.5. The van der Waals surface area contributed by atoms with Gasteiger partial charge in [0.1, 0.15) is 12.4 Å². The molecule has 1 amide bonds. The molecule has 1 aromatic carbocycles. The van der Waals surface area contributed by atoms with E-state index in [1.807, 2.05) is 13.0 Å². The Kier molecular flexibility index (Phi) is 9.65. The molecule has 1 heterocycles. The zero-order chi connectivity index (χ0) is 20.9. The van der Waals surface area contributed by atoms with Crippen LogP contribution >= 0.6 is 0 Å². The second kappa shape index (κ2) is 12.5. The highest BCUT2D eigenvalue weighted by Gasteiger charge is 2.10. The molecular weight excluding hydrogens is 372 g/mol. The highest BCUT2D eigenvalue weighted by molar-refractivity contribution is 5.98. The topological polar surface area (TPSA) is 86.8 Å². The molecule has 0 spiro atoms. The quantitative estimate of drug-likeness (QED) is 0.410. The van der Waals surface area contributed by atoms with Gasteiger partial charge < -0.3 is 19.5 Å². The van der Waals surface area contributed by atoms with Crippen LogP contribution in [0.3, 0.4) is 0 Å². The van der Waals surface area contributed by atoms with Crippen LogP contribution in [0.15, 0.2) is 42.6 Å². The summed E-state index contributed by atoms with van der Waals surface area (Å²) >= 11 is 0. The van der Waals surface area contributed by atoms with Crippen LogP contribution < -0.4 is 14.8 Å². The number of rotatable bonds is 13. The molecule has 7 heteroatoms. The van der Waals surface area contributed by atoms with Crippen molar-refractivity contribution in [3.8, 4) is 11.6 Å². The summed E-state index contributed by atoms with van der Waals surface area (Å²) in [6.45, 7) is 3.96. The lowest BCUT2D eigenvalue weighted by atomic mass is 10.1. The van der Waals surface area contributed by atoms with E-state index in [-0.39, 0.29) is 24.5 Å². The Morgan fingerprint density at radius 3 is 2.41 bits per heavy atom. The number of Topliss-reactive ketones (excluding diaryl/α,β-unsaturated/α-hetero) is 1. The number of methoxy groups -OCH3 is 1. The Morgan fingerprint density at radius 2 is 1.76 bits per heavy atom. The van der Waals surface area contributed by atoms with E-state index in [4.69, 9.17) is 14.2 Å². The molecule has 0 radical (unpaired) electrons. The fraction of sp³-hybridized carbons (Fsp3) is 0.409. The van der Waals surface area contributed by atoms with Gasteiger partial charge in [-0.25, -0.2) is 4.98 Å². The van der Waals surface area contributed by atoms with Gasteiger partial charge in [-0.15, -0.1) is 0 Å². The lowest BCUT2D eigenvalue weighted by molar-refractivity contribution is -0.121. The number of aromatic nitrogens is 1. The molecular formula is C22H28N2O5. The third kappa shape index (κ3) is 8.31. The summed E-state index contributed by atoms with van der Waals surface area (Å²) in [6.07, 6.45) is 2.87. The fourth-order valence-corrected chi connectivity index (χ4v) is 2.45. The standard InChI is InChI=1S/C22H28N2O5/c1-3-12-28-19-7-5-18(6-8-19)20(25)9-10-21(26)23-15-17-4-11-22(24-16-17)29-14-13-27-2/h4-8,11,16H,3,9-10,12-15H2,1-2H3,(H,23,26). The summed E-state index contributed by atoms with van der Waals surface area (Å²) in [4.78, 5) is 28.4. The Labute approximate surface area is 171 Å². The van der Waals surface area contributed by atoms with E-state index in [0.717, 1.165) is 17.7 Å². The maximum Gasteiger partial charge on any atom is 0.220 e. The zero-order valence-electron chi connectivity index (χ0n) is 17.0. The second-order valence-electron chi connectivity index (χ2n) is 6.42. The minimum absolute atomic E-state index is 0.0681. The number of nitrogens with one attached hydrogen (secondary N) is 1. The van der Waals surface area contributed by atoms with Crippen LogP contribution in [-0.4, -0.2) is 43.6 Å². The van der Waals surface area contributed by atoms with E-state index in [9.17, 15) is 9.59 Å². The van der Waals surface area contributed by atoms with Crippen LogP contribution in [0.4, 0.5) is 0 Å². The van der Waals surface area contributed by atoms with Crippen molar-refractivity contribution in [2.75, 3.05) is 26.9 Å². The first-order valence-electron chi connectivity index (χ1n) is 9.71. The molecule has 0 bridgehead atoms. The number of ether oxygens (including phenoxy) is 3. The van der Waals surface area contributed by atoms with Crippen LogP contribution in [0.25, 0.3) is 0 Å². The van der Waals surface area contributed by atoms with Crippen molar-refractivity contribution >= 4 is 11.7 Å². The van der Waals surface area contributed by atoms with Crippen molar-refractivity contribution in [3.63, 3.8) is 0 Å². The number of pyridine rings is 1. The molecule has 0 aliphatic rings. The van der Waals surface area contributed by atoms with E-state index < -0.39 is 0 Å². The first-order valence-corrected chi connectivity index (χ1v) is 9.71. The summed E-state index contributed by atoms with van der Waals surface area (Å²) in [5.74, 6) is 1.00. The summed E-state index contributed by atoms with van der Waals surface area (Å²) in [7, 11) is 1.61. The van der Waals surface area contributed by atoms with Gasteiger partial charge in [0, 0.05) is 44.3 Å². The van der Waals surface area contributed by atoms with Crippen LogP contribution in [0.5, 0.6) is 11.6 Å². The molecule has 0 fully saturated rings. The number of carbonyl (C=O) groups is 2. The zero-order valence-corrected chi connectivity index (χ0v) is 17.0. The van der Waals surface area contributed by atoms with Crippen molar-refractivity contribution < 1.29 is 23.8 Å². The third-order valence-electron chi connectivity index (χ3n) is 4.05. The molecule has 0 saturated heterocycles. The third-order valence-corrected chi connectivity index (χ3v) is 4.05. The van der Waals surface area contributed by atoms with Crippen molar-refractivity contribution in [2.24, 2.45) is 0 Å². The molecule has 1 N–H and O–H groups in total. The number of amides is 1. The van der Waals surface area contributed by atoms with Gasteiger partial charge in [0.05, 0.1) is 13.2 Å². The van der Waals surface area contributed by atoms with Crippen LogP contribution in [0.1, 0.15) is 42.1 Å². The molecule has 156 valence electrons. The minimum atomic E-state index is -0.179. The SMILES string of the molecule is CCCOc1ccc(C(=O)CCC(=O)NCc2ccc(OCCOC)nc2)cc1. The monoisotopic (exact) mass is 400 g/mol. The van der Waals surface area contributed by atoms with E-state index in [1.54, 1.807) is 43.6 Å². The van der Waals surface area contributed by atoms with Crippen molar-refractivity contribution in [2.45, 2.75) is 32.7 Å². The van der Waals surface area contributed by atoms with Gasteiger partial charge in [0.25, 0.3) is 0 Å². The van der Waals surface area contributed by atoms with Gasteiger partial charge in [0.2, 0.25) is 11.8 Å². The second-order valence-corrected chi connectivity index (χ2v) is 6.42. The summed E-state index contributed by atoms with van der Waals surface area (Å²) in [5.41, 5.74) is 1.43. The van der Waals surface area contributed by atoms with Crippen LogP contribution in [0, 0.1) is 0 Å². The lowest BCUT2D eigenvalue weighted by Gasteiger charge is -2.08. The van der Waals surface area contributed by atoms with Gasteiger partial charge in [-0.2, -0.15) is 0 Å². The maximum absolute atomic E-state index is 12.2. The van der Waals surface area contributed by atoms with E-state index in [2.05, 4.69) is 10.3 Å². The van der Waals surface area contributed by atoms with Gasteiger partial charge in [-0.05, 0) is 36.2 Å². The average Bonchev–Trinajstić information content (AvgIpc) is 2.76. The number of hydrogen-bond acceptors (Lipinski definition) is 6. The fourth-order valence-electron chi connectivity index (χ4n) is 2.45. The number of carbonyl (C=O) groups excluding carboxylic acids is 2. The number of nitrogens with zero attached hydrogens (tertiary/aromatic N) is 1. The number of ketones is 1. The molecule has 2 aromatic rings. The van der Waals surface area contributed by atoms with E-state index in [0.29, 0.717) is 37.8 Å². The maximum atomic E-state index is 12.2. The predicted octanol–water partition coefficient (Wildman–Crippen LogP) is 3.17. The normalized spacial score (nSPS) is 10.4. The van der Waals surface area contributed by atoms with Crippen molar-refractivity contribution in [3.05, 3.63) is 53.7 Å². The number of hydrogen-bond donors (Lipinski definition) is 1. The average molecular weight is 400 g/mol. The van der Waals surface area contributed by atoms with Crippen molar-refractivity contribution in [1.82, 2.24) is 10.3 Å². The van der Waals surface area contributed by atoms with Crippen LogP contribution in [0.2, 0.25) is 0 Å². The summed E-state index contributed by atoms with van der Waals surface area (Å²) < 4.78 is 15.8. The molecule has 0 aliphatic heterocycles. The molecule has 1 aromatic heterocycles. The van der Waals surface area contributed by atoms with Crippen molar-refractivity contribution in [1.29, 1.82) is 0 Å². The van der Waals surface area contributed by atoms with Gasteiger partial charge in [-0.1, -0.05) is 13.0 Å². The predicted molar refractivity (Wildman–Crippen MR) is 109 cm³/mol. The number of benzene rings is 1. The molecule has 0 aliphatic carbocycles. The minimum Gasteiger partial charge on any atom is -0.494 e. The Hall–Kier alpha value is -2.93. The molecule has 2 rings (SSSR count). The molecule has 7 nitrogen and oxygen atoms in total. The van der Waals surface area contributed by atoms with Gasteiger partial charge in [0.15, 0.2) is 5.78 Å². The summed E-state index contributed by atoms with van der Waals surface area (Å²) in [5, 5.41) is 2.80. The molecule has 0 saturated carbocycles. The van der Waals surface area contributed by atoms with E-state index in [1.165, 1.54) is 0 Å². The highest BCUT2D eigenvalue weighted by Crippen LogP contribution is 2.14. The Bertz CT molecular complexity index is 760. The van der Waals surface area contributed by atoms with Gasteiger partial charge >= 0.3 is 0 Å². The largest absolute Gasteiger partial charge is 0.494 e. The van der Waals surface area contributed by atoms with Gasteiger partial charge in [-0.3, -0.25) is 9.59 Å². The molecule has 0 atom stereocenters. The Balaban J connectivity index is 1.70. The smallest absolute Gasteiger partial charge is 0.220 e. The molecule has 29 heavy (non-hydrogen) atoms. The first kappa shape index (κ1) is 22.4. The molecule has 0 unspecified atom stereocenters. The Morgan fingerprint density at radius 1 is 0.966 bits per heavy atom. The van der Waals surface area contributed by atoms with Crippen LogP contribution in [-0.2, 0) is 16.1 Å².